The lowest BCUT2D eigenvalue weighted by molar-refractivity contribution is -0.384. The van der Waals surface area contributed by atoms with Gasteiger partial charge < -0.3 is 5.32 Å². The highest BCUT2D eigenvalue weighted by Crippen LogP contribution is 2.26. The number of anilines is 1. The van der Waals surface area contributed by atoms with E-state index in [1.54, 1.807) is 12.1 Å². The number of halogens is 2. The predicted molar refractivity (Wildman–Crippen MR) is 81.4 cm³/mol. The fourth-order valence-electron chi connectivity index (χ4n) is 2.03. The molecule has 0 aliphatic rings. The van der Waals surface area contributed by atoms with Crippen LogP contribution in [0.2, 0.25) is 5.02 Å². The summed E-state index contributed by atoms with van der Waals surface area (Å²) >= 11 is 5.99. The van der Waals surface area contributed by atoms with Crippen molar-refractivity contribution in [3.63, 3.8) is 0 Å². The van der Waals surface area contributed by atoms with Crippen molar-refractivity contribution in [2.24, 2.45) is 0 Å². The molecule has 2 aromatic rings. The van der Waals surface area contributed by atoms with Gasteiger partial charge in [-0.1, -0.05) is 17.7 Å². The summed E-state index contributed by atoms with van der Waals surface area (Å²) in [5.74, 6) is -0.248. The van der Waals surface area contributed by atoms with Gasteiger partial charge in [-0.3, -0.25) is 10.1 Å². The number of hydrogen-bond acceptors (Lipinski definition) is 3. The van der Waals surface area contributed by atoms with E-state index in [0.29, 0.717) is 23.7 Å². The Bertz CT molecular complexity index is 677. The van der Waals surface area contributed by atoms with Crippen LogP contribution in [-0.4, -0.2) is 11.5 Å². The Hall–Kier alpha value is -2.14. The van der Waals surface area contributed by atoms with Crippen molar-refractivity contribution in [2.75, 3.05) is 11.9 Å². The molecule has 6 heteroatoms. The molecule has 0 aromatic heterocycles. The van der Waals surface area contributed by atoms with Crippen LogP contribution in [0.25, 0.3) is 0 Å². The highest BCUT2D eigenvalue weighted by atomic mass is 35.5. The Morgan fingerprint density at radius 3 is 2.67 bits per heavy atom. The molecular formula is C15H14ClFN2O2. The molecule has 0 saturated heterocycles. The van der Waals surface area contributed by atoms with E-state index in [2.05, 4.69) is 5.32 Å². The largest absolute Gasteiger partial charge is 0.384 e. The van der Waals surface area contributed by atoms with Crippen LogP contribution < -0.4 is 5.32 Å². The zero-order valence-corrected chi connectivity index (χ0v) is 12.2. The maximum absolute atomic E-state index is 13.0. The van der Waals surface area contributed by atoms with Crippen molar-refractivity contribution in [3.8, 4) is 0 Å². The van der Waals surface area contributed by atoms with Crippen molar-refractivity contribution >= 4 is 23.0 Å². The van der Waals surface area contributed by atoms with Crippen molar-refractivity contribution < 1.29 is 9.31 Å². The Balaban J connectivity index is 1.99. The Labute approximate surface area is 126 Å². The van der Waals surface area contributed by atoms with Gasteiger partial charge >= 0.3 is 0 Å². The van der Waals surface area contributed by atoms with E-state index < -0.39 is 4.92 Å². The summed E-state index contributed by atoms with van der Waals surface area (Å²) in [6.07, 6.45) is 0.708. The summed E-state index contributed by atoms with van der Waals surface area (Å²) in [6.45, 7) is 2.46. The van der Waals surface area contributed by atoms with Crippen molar-refractivity contribution in [3.05, 3.63) is 68.5 Å². The van der Waals surface area contributed by atoms with Gasteiger partial charge in [0.2, 0.25) is 0 Å². The van der Waals surface area contributed by atoms with Crippen molar-refractivity contribution in [1.29, 1.82) is 0 Å². The first-order chi connectivity index (χ1) is 9.97. The number of aryl methyl sites for hydroxylation is 1. The van der Waals surface area contributed by atoms with Gasteiger partial charge in [-0.05, 0) is 42.7 Å². The van der Waals surface area contributed by atoms with E-state index in [0.717, 1.165) is 11.1 Å². The highest BCUT2D eigenvalue weighted by molar-refractivity contribution is 6.33. The molecule has 0 heterocycles. The first kappa shape index (κ1) is 15.3. The zero-order chi connectivity index (χ0) is 15.4. The van der Waals surface area contributed by atoms with E-state index in [1.807, 2.05) is 6.92 Å². The molecule has 0 fully saturated rings. The lowest BCUT2D eigenvalue weighted by Gasteiger charge is -2.10. The van der Waals surface area contributed by atoms with E-state index in [4.69, 9.17) is 11.6 Å². The van der Waals surface area contributed by atoms with Crippen LogP contribution in [0.3, 0.4) is 0 Å². The number of nitro groups is 1. The smallest absolute Gasteiger partial charge is 0.271 e. The van der Waals surface area contributed by atoms with E-state index in [9.17, 15) is 14.5 Å². The molecule has 0 atom stereocenters. The van der Waals surface area contributed by atoms with E-state index >= 15 is 0 Å². The Morgan fingerprint density at radius 1 is 1.29 bits per heavy atom. The third kappa shape index (κ3) is 3.92. The van der Waals surface area contributed by atoms with Crippen molar-refractivity contribution in [2.45, 2.75) is 13.3 Å². The molecule has 0 radical (unpaired) electrons. The van der Waals surface area contributed by atoms with Crippen LogP contribution in [0.1, 0.15) is 11.1 Å². The molecular weight excluding hydrogens is 295 g/mol. The maximum atomic E-state index is 13.0. The third-order valence-electron chi connectivity index (χ3n) is 3.18. The summed E-state index contributed by atoms with van der Waals surface area (Å²) in [7, 11) is 0. The highest BCUT2D eigenvalue weighted by Gasteiger charge is 2.09. The summed E-state index contributed by atoms with van der Waals surface area (Å²) in [5, 5.41) is 14.1. The fraction of sp³-hybridized carbons (Fsp3) is 0.200. The molecule has 0 amide bonds. The molecule has 0 aliphatic heterocycles. The van der Waals surface area contributed by atoms with Gasteiger partial charge in [0.05, 0.1) is 15.6 Å². The van der Waals surface area contributed by atoms with E-state index in [-0.39, 0.29) is 11.5 Å². The van der Waals surface area contributed by atoms with Crippen molar-refractivity contribution in [1.82, 2.24) is 0 Å². The topological polar surface area (TPSA) is 55.2 Å². The fourth-order valence-corrected chi connectivity index (χ4v) is 2.27. The van der Waals surface area contributed by atoms with Crippen LogP contribution in [0, 0.1) is 22.9 Å². The zero-order valence-electron chi connectivity index (χ0n) is 11.4. The molecule has 110 valence electrons. The molecule has 0 aliphatic carbocycles. The second-order valence-corrected chi connectivity index (χ2v) is 5.08. The molecule has 2 rings (SSSR count). The minimum atomic E-state index is -0.489. The normalized spacial score (nSPS) is 10.4. The summed E-state index contributed by atoms with van der Waals surface area (Å²) in [4.78, 5) is 10.1. The van der Waals surface area contributed by atoms with Gasteiger partial charge in [0.15, 0.2) is 0 Å². The number of rotatable bonds is 5. The molecule has 21 heavy (non-hydrogen) atoms. The van der Waals surface area contributed by atoms with Crippen LogP contribution in [0.4, 0.5) is 15.8 Å². The lowest BCUT2D eigenvalue weighted by atomic mass is 10.1. The average Bonchev–Trinajstić information content (AvgIpc) is 2.42. The van der Waals surface area contributed by atoms with Crippen LogP contribution in [-0.2, 0) is 6.42 Å². The van der Waals surface area contributed by atoms with Crippen LogP contribution >= 0.6 is 11.6 Å². The summed E-state index contributed by atoms with van der Waals surface area (Å²) < 4.78 is 13.0. The summed E-state index contributed by atoms with van der Waals surface area (Å²) in [5.41, 5.74) is 2.54. The van der Waals surface area contributed by atoms with Gasteiger partial charge in [0, 0.05) is 18.7 Å². The number of hydrogen-bond donors (Lipinski definition) is 1. The molecule has 4 nitrogen and oxygen atoms in total. The number of nitrogens with one attached hydrogen (secondary N) is 1. The van der Waals surface area contributed by atoms with Crippen LogP contribution in [0.5, 0.6) is 0 Å². The first-order valence-corrected chi connectivity index (χ1v) is 6.78. The average molecular weight is 309 g/mol. The maximum Gasteiger partial charge on any atom is 0.271 e. The standard InChI is InChI=1S/C15H14ClFN2O2/c1-10-8-12(17)3-2-11(10)6-7-18-15-5-4-13(19(20)21)9-14(15)16/h2-5,8-9,18H,6-7H2,1H3. The Kier molecular flexibility index (Phi) is 4.75. The van der Waals surface area contributed by atoms with Crippen LogP contribution in [0.15, 0.2) is 36.4 Å². The quantitative estimate of drug-likeness (QED) is 0.660. The molecule has 0 spiro atoms. The van der Waals surface area contributed by atoms with E-state index in [1.165, 1.54) is 24.3 Å². The number of nitro benzene ring substituents is 1. The number of non-ortho nitro benzene ring substituents is 1. The van der Waals surface area contributed by atoms with Gasteiger partial charge in [-0.2, -0.15) is 0 Å². The minimum absolute atomic E-state index is 0.0417. The predicted octanol–water partition coefficient (Wildman–Crippen LogP) is 4.35. The van der Waals surface area contributed by atoms with Gasteiger partial charge in [-0.15, -0.1) is 0 Å². The second-order valence-electron chi connectivity index (χ2n) is 4.67. The Morgan fingerprint density at radius 2 is 2.05 bits per heavy atom. The number of benzene rings is 2. The van der Waals surface area contributed by atoms with Gasteiger partial charge in [0.1, 0.15) is 5.82 Å². The minimum Gasteiger partial charge on any atom is -0.384 e. The monoisotopic (exact) mass is 308 g/mol. The lowest BCUT2D eigenvalue weighted by Crippen LogP contribution is -2.06. The molecule has 1 N–H and O–H groups in total. The SMILES string of the molecule is Cc1cc(F)ccc1CCNc1ccc([N+](=O)[O-])cc1Cl. The molecule has 0 saturated carbocycles. The molecule has 0 bridgehead atoms. The first-order valence-electron chi connectivity index (χ1n) is 6.40. The molecule has 0 unspecified atom stereocenters. The summed E-state index contributed by atoms with van der Waals surface area (Å²) in [6, 6.07) is 8.97. The third-order valence-corrected chi connectivity index (χ3v) is 3.49. The molecule has 2 aromatic carbocycles. The second kappa shape index (κ2) is 6.54. The van der Waals surface area contributed by atoms with Gasteiger partial charge in [0.25, 0.3) is 5.69 Å². The number of nitrogens with zero attached hydrogens (tertiary/aromatic N) is 1. The van der Waals surface area contributed by atoms with Gasteiger partial charge in [-0.25, -0.2) is 4.39 Å².